The fourth-order valence-corrected chi connectivity index (χ4v) is 4.25. The van der Waals surface area contributed by atoms with Gasteiger partial charge < -0.3 is 10.1 Å². The summed E-state index contributed by atoms with van der Waals surface area (Å²) in [6, 6.07) is 11.0. The zero-order valence-electron chi connectivity index (χ0n) is 15.5. The monoisotopic (exact) mass is 410 g/mol. The molecule has 0 saturated heterocycles. The molecule has 0 unspecified atom stereocenters. The average molecular weight is 411 g/mol. The molecule has 27 heavy (non-hydrogen) atoms. The first kappa shape index (κ1) is 21.2. The van der Waals surface area contributed by atoms with E-state index in [2.05, 4.69) is 5.32 Å². The number of methoxy groups -OCH3 is 1. The molecule has 0 radical (unpaired) electrons. The van der Waals surface area contributed by atoms with Crippen LogP contribution in [0.5, 0.6) is 5.75 Å². The van der Waals surface area contributed by atoms with Gasteiger partial charge in [-0.1, -0.05) is 25.4 Å². The van der Waals surface area contributed by atoms with Gasteiger partial charge in [0.05, 0.1) is 24.2 Å². The number of ether oxygens (including phenoxy) is 1. The number of hydrogen-bond acceptors (Lipinski definition) is 5. The van der Waals surface area contributed by atoms with E-state index in [-0.39, 0.29) is 17.2 Å². The van der Waals surface area contributed by atoms with Gasteiger partial charge in [0, 0.05) is 23.7 Å². The van der Waals surface area contributed by atoms with Crippen LogP contribution in [0.1, 0.15) is 24.2 Å². The minimum absolute atomic E-state index is 0.0266. The summed E-state index contributed by atoms with van der Waals surface area (Å²) in [5, 5.41) is 3.52. The first-order valence-corrected chi connectivity index (χ1v) is 10.4. The smallest absolute Gasteiger partial charge is 0.243 e. The summed E-state index contributed by atoms with van der Waals surface area (Å²) in [4.78, 5) is 12.6. The third kappa shape index (κ3) is 5.00. The summed E-state index contributed by atoms with van der Waals surface area (Å²) in [6.07, 6.45) is 0. The van der Waals surface area contributed by atoms with Crippen LogP contribution in [0.15, 0.2) is 47.4 Å². The van der Waals surface area contributed by atoms with E-state index in [1.165, 1.54) is 35.7 Å². The van der Waals surface area contributed by atoms with Crippen LogP contribution in [-0.4, -0.2) is 45.3 Å². The van der Waals surface area contributed by atoms with E-state index >= 15 is 0 Å². The van der Waals surface area contributed by atoms with Gasteiger partial charge in [-0.25, -0.2) is 8.42 Å². The fourth-order valence-electron chi connectivity index (χ4n) is 2.62. The number of sulfonamides is 1. The number of carbonyl (C=O) groups excluding carboxylic acids is 1. The lowest BCUT2D eigenvalue weighted by Crippen LogP contribution is -2.30. The topological polar surface area (TPSA) is 75.7 Å². The molecule has 0 aliphatic heterocycles. The van der Waals surface area contributed by atoms with Crippen molar-refractivity contribution in [2.24, 2.45) is 0 Å². The van der Waals surface area contributed by atoms with E-state index in [0.29, 0.717) is 35.1 Å². The number of rotatable bonds is 9. The second kappa shape index (κ2) is 9.21. The van der Waals surface area contributed by atoms with Gasteiger partial charge in [-0.05, 0) is 42.5 Å². The average Bonchev–Trinajstić information content (AvgIpc) is 2.67. The summed E-state index contributed by atoms with van der Waals surface area (Å²) in [5.41, 5.74) is 1.03. The molecule has 0 saturated carbocycles. The van der Waals surface area contributed by atoms with Crippen LogP contribution < -0.4 is 10.1 Å². The molecule has 146 valence electrons. The SMILES string of the molecule is CCN(CC)S(=O)(=O)c1ccc(C(=O)CNc2cc(Cl)ccc2OC)cc1. The number of nitrogens with zero attached hydrogens (tertiary/aromatic N) is 1. The van der Waals surface area contributed by atoms with Crippen LogP contribution in [0.3, 0.4) is 0 Å². The number of nitrogens with one attached hydrogen (secondary N) is 1. The summed E-state index contributed by atoms with van der Waals surface area (Å²) in [5.74, 6) is 0.400. The number of benzene rings is 2. The van der Waals surface area contributed by atoms with Crippen molar-refractivity contribution in [3.63, 3.8) is 0 Å². The van der Waals surface area contributed by atoms with E-state index in [1.54, 1.807) is 32.0 Å². The number of ketones is 1. The molecule has 0 amide bonds. The van der Waals surface area contributed by atoms with Crippen molar-refractivity contribution in [3.8, 4) is 5.75 Å². The molecule has 0 fully saturated rings. The van der Waals surface area contributed by atoms with Gasteiger partial charge in [-0.3, -0.25) is 4.79 Å². The Morgan fingerprint density at radius 2 is 1.74 bits per heavy atom. The highest BCUT2D eigenvalue weighted by atomic mass is 35.5. The first-order valence-electron chi connectivity index (χ1n) is 8.54. The molecule has 0 heterocycles. The molecule has 1 N–H and O–H groups in total. The van der Waals surface area contributed by atoms with E-state index in [9.17, 15) is 13.2 Å². The Morgan fingerprint density at radius 1 is 1.11 bits per heavy atom. The van der Waals surface area contributed by atoms with Gasteiger partial charge in [0.1, 0.15) is 5.75 Å². The summed E-state index contributed by atoms with van der Waals surface area (Å²) in [6.45, 7) is 4.39. The quantitative estimate of drug-likeness (QED) is 0.638. The second-order valence-electron chi connectivity index (χ2n) is 5.74. The number of carbonyl (C=O) groups is 1. The predicted molar refractivity (Wildman–Crippen MR) is 107 cm³/mol. The Morgan fingerprint density at radius 3 is 2.30 bits per heavy atom. The Kier molecular flexibility index (Phi) is 7.24. The normalized spacial score (nSPS) is 11.4. The number of anilines is 1. The van der Waals surface area contributed by atoms with Gasteiger partial charge in [-0.15, -0.1) is 0 Å². The maximum absolute atomic E-state index is 12.5. The molecule has 6 nitrogen and oxygen atoms in total. The lowest BCUT2D eigenvalue weighted by Gasteiger charge is -2.18. The van der Waals surface area contributed by atoms with Crippen LogP contribution in [-0.2, 0) is 10.0 Å². The Bertz CT molecular complexity index is 894. The van der Waals surface area contributed by atoms with E-state index in [4.69, 9.17) is 16.3 Å². The van der Waals surface area contributed by atoms with Crippen molar-refractivity contribution in [2.45, 2.75) is 18.7 Å². The fraction of sp³-hybridized carbons (Fsp3) is 0.316. The van der Waals surface area contributed by atoms with Crippen LogP contribution in [0.2, 0.25) is 5.02 Å². The highest BCUT2D eigenvalue weighted by Crippen LogP contribution is 2.27. The van der Waals surface area contributed by atoms with Crippen LogP contribution in [0.4, 0.5) is 5.69 Å². The van der Waals surface area contributed by atoms with Crippen LogP contribution >= 0.6 is 11.6 Å². The largest absolute Gasteiger partial charge is 0.495 e. The third-order valence-electron chi connectivity index (χ3n) is 4.12. The molecular weight excluding hydrogens is 388 g/mol. The van der Waals surface area contributed by atoms with E-state index in [0.717, 1.165) is 0 Å². The van der Waals surface area contributed by atoms with E-state index < -0.39 is 10.0 Å². The zero-order chi connectivity index (χ0) is 20.0. The molecule has 0 aliphatic rings. The maximum Gasteiger partial charge on any atom is 0.243 e. The van der Waals surface area contributed by atoms with Gasteiger partial charge in [0.2, 0.25) is 10.0 Å². The Hall–Kier alpha value is -2.09. The lowest BCUT2D eigenvalue weighted by atomic mass is 10.1. The molecule has 0 bridgehead atoms. The van der Waals surface area contributed by atoms with E-state index in [1.807, 2.05) is 0 Å². The van der Waals surface area contributed by atoms with Gasteiger partial charge >= 0.3 is 0 Å². The molecule has 8 heteroatoms. The van der Waals surface area contributed by atoms with Crippen LogP contribution in [0.25, 0.3) is 0 Å². The Labute approximate surface area is 165 Å². The molecular formula is C19H23ClN2O4S. The van der Waals surface area contributed by atoms with Gasteiger partial charge in [-0.2, -0.15) is 4.31 Å². The lowest BCUT2D eigenvalue weighted by molar-refractivity contribution is 0.101. The van der Waals surface area contributed by atoms with Gasteiger partial charge in [0.25, 0.3) is 0 Å². The van der Waals surface area contributed by atoms with Crippen molar-refractivity contribution in [1.82, 2.24) is 4.31 Å². The number of hydrogen-bond donors (Lipinski definition) is 1. The molecule has 2 aromatic carbocycles. The highest BCUT2D eigenvalue weighted by molar-refractivity contribution is 7.89. The zero-order valence-corrected chi connectivity index (χ0v) is 17.1. The van der Waals surface area contributed by atoms with Crippen molar-refractivity contribution in [3.05, 3.63) is 53.1 Å². The molecule has 2 rings (SSSR count). The predicted octanol–water partition coefficient (Wildman–Crippen LogP) is 3.67. The van der Waals surface area contributed by atoms with Gasteiger partial charge in [0.15, 0.2) is 5.78 Å². The number of Topliss-reactive ketones (excluding diaryl/α,β-unsaturated/α-hetero) is 1. The van der Waals surface area contributed by atoms with Crippen molar-refractivity contribution >= 4 is 33.1 Å². The summed E-state index contributed by atoms with van der Waals surface area (Å²) < 4.78 is 31.6. The maximum atomic E-state index is 12.5. The minimum atomic E-state index is -3.54. The van der Waals surface area contributed by atoms with Crippen molar-refractivity contribution < 1.29 is 17.9 Å². The first-order chi connectivity index (χ1) is 12.8. The molecule has 2 aromatic rings. The summed E-state index contributed by atoms with van der Waals surface area (Å²) >= 11 is 5.97. The van der Waals surface area contributed by atoms with Crippen molar-refractivity contribution in [1.29, 1.82) is 0 Å². The molecule has 0 aliphatic carbocycles. The van der Waals surface area contributed by atoms with Crippen molar-refractivity contribution in [2.75, 3.05) is 32.1 Å². The highest BCUT2D eigenvalue weighted by Gasteiger charge is 2.21. The third-order valence-corrected chi connectivity index (χ3v) is 6.42. The molecule has 0 atom stereocenters. The van der Waals surface area contributed by atoms with Crippen LogP contribution in [0, 0.1) is 0 Å². The number of halogens is 1. The minimum Gasteiger partial charge on any atom is -0.495 e. The Balaban J connectivity index is 2.11. The second-order valence-corrected chi connectivity index (χ2v) is 8.11. The molecule has 0 aromatic heterocycles. The summed E-state index contributed by atoms with van der Waals surface area (Å²) in [7, 11) is -2.00. The standard InChI is InChI=1S/C19H23ClN2O4S/c1-4-22(5-2)27(24,25)16-9-6-14(7-10-16)18(23)13-21-17-12-15(20)8-11-19(17)26-3/h6-12,21H,4-5,13H2,1-3H3. The molecule has 0 spiro atoms.